The average molecular weight is 337 g/mol. The monoisotopic (exact) mass is 336 g/mol. The van der Waals surface area contributed by atoms with Gasteiger partial charge in [-0.3, -0.25) is 9.59 Å². The number of carboxylic acids is 1. The molecule has 2 atom stereocenters. The summed E-state index contributed by atoms with van der Waals surface area (Å²) in [4.78, 5) is 28.5. The first kappa shape index (κ1) is 15.8. The van der Waals surface area contributed by atoms with Crippen molar-refractivity contribution in [2.45, 2.75) is 25.0 Å². The number of carbonyl (C=O) groups excluding carboxylic acids is 1. The lowest BCUT2D eigenvalue weighted by Gasteiger charge is -2.22. The Bertz CT molecular complexity index is 758. The Morgan fingerprint density at radius 2 is 2.17 bits per heavy atom. The Labute approximate surface area is 138 Å². The van der Waals surface area contributed by atoms with Crippen molar-refractivity contribution >= 4 is 34.4 Å². The first-order valence-corrected chi connectivity index (χ1v) is 7.70. The Morgan fingerprint density at radius 3 is 2.83 bits per heavy atom. The van der Waals surface area contributed by atoms with Crippen LogP contribution in [0.2, 0.25) is 5.02 Å². The molecule has 6 nitrogen and oxygen atoms in total. The van der Waals surface area contributed by atoms with E-state index in [1.807, 2.05) is 24.3 Å². The number of rotatable bonds is 4. The van der Waals surface area contributed by atoms with Crippen LogP contribution in [-0.4, -0.2) is 52.7 Å². The molecule has 1 fully saturated rings. The van der Waals surface area contributed by atoms with Crippen molar-refractivity contribution in [1.29, 1.82) is 0 Å². The maximum Gasteiger partial charge on any atom is 0.305 e. The van der Waals surface area contributed by atoms with Crippen molar-refractivity contribution in [3.8, 4) is 0 Å². The highest BCUT2D eigenvalue weighted by atomic mass is 35.5. The molecule has 1 amide bonds. The number of aromatic nitrogens is 1. The summed E-state index contributed by atoms with van der Waals surface area (Å²) in [5, 5.41) is 10.2. The van der Waals surface area contributed by atoms with Crippen molar-refractivity contribution in [2.75, 3.05) is 13.7 Å². The lowest BCUT2D eigenvalue weighted by atomic mass is 10.1. The molecule has 7 heteroatoms. The predicted molar refractivity (Wildman–Crippen MR) is 85.8 cm³/mol. The van der Waals surface area contributed by atoms with Gasteiger partial charge in [0.2, 0.25) is 0 Å². The first-order valence-electron chi connectivity index (χ1n) is 7.33. The zero-order valence-corrected chi connectivity index (χ0v) is 13.3. The van der Waals surface area contributed by atoms with Gasteiger partial charge >= 0.3 is 5.97 Å². The molecule has 1 aromatic heterocycles. The molecule has 0 aliphatic carbocycles. The van der Waals surface area contributed by atoms with Crippen LogP contribution in [0.25, 0.3) is 10.9 Å². The fourth-order valence-electron chi connectivity index (χ4n) is 3.09. The minimum atomic E-state index is -0.938. The number of aliphatic carboxylic acids is 1. The fraction of sp³-hybridized carbons (Fsp3) is 0.375. The van der Waals surface area contributed by atoms with Gasteiger partial charge in [-0.2, -0.15) is 0 Å². The number of halogens is 1. The third-order valence-electron chi connectivity index (χ3n) is 4.24. The van der Waals surface area contributed by atoms with Crippen LogP contribution in [-0.2, 0) is 9.53 Å². The maximum atomic E-state index is 12.9. The third-order valence-corrected chi connectivity index (χ3v) is 4.63. The lowest BCUT2D eigenvalue weighted by Crippen LogP contribution is -2.37. The number of methoxy groups -OCH3 is 1. The number of hydrogen-bond donors (Lipinski definition) is 2. The number of fused-ring (bicyclic) bond motifs is 1. The molecular weight excluding hydrogens is 320 g/mol. The van der Waals surface area contributed by atoms with Crippen molar-refractivity contribution in [3.63, 3.8) is 0 Å². The first-order chi connectivity index (χ1) is 11.0. The molecule has 23 heavy (non-hydrogen) atoms. The van der Waals surface area contributed by atoms with E-state index in [1.165, 1.54) is 0 Å². The van der Waals surface area contributed by atoms with E-state index >= 15 is 0 Å². The normalized spacial score (nSPS) is 21.0. The Kier molecular flexibility index (Phi) is 4.28. The van der Waals surface area contributed by atoms with Gasteiger partial charge in [0.15, 0.2) is 0 Å². The topological polar surface area (TPSA) is 82.6 Å². The summed E-state index contributed by atoms with van der Waals surface area (Å²) >= 11 is 6.33. The number of para-hydroxylation sites is 1. The molecule has 0 radical (unpaired) electrons. The van der Waals surface area contributed by atoms with Crippen LogP contribution in [0, 0.1) is 0 Å². The van der Waals surface area contributed by atoms with Crippen molar-refractivity contribution in [2.24, 2.45) is 0 Å². The van der Waals surface area contributed by atoms with Gasteiger partial charge in [-0.15, -0.1) is 0 Å². The second-order valence-electron chi connectivity index (χ2n) is 5.66. The number of likely N-dealkylation sites (tertiary alicyclic amines) is 1. The van der Waals surface area contributed by atoms with Gasteiger partial charge in [0.25, 0.3) is 5.91 Å². The molecular formula is C16H17ClN2O4. The third kappa shape index (κ3) is 2.92. The number of nitrogens with zero attached hydrogens (tertiary/aromatic N) is 1. The number of aromatic amines is 1. The van der Waals surface area contributed by atoms with E-state index in [1.54, 1.807) is 12.0 Å². The summed E-state index contributed by atoms with van der Waals surface area (Å²) in [6.45, 7) is 0.360. The number of H-pyrrole nitrogens is 1. The number of ether oxygens (including phenoxy) is 1. The number of amides is 1. The van der Waals surface area contributed by atoms with Crippen LogP contribution in [0.4, 0.5) is 0 Å². The summed E-state index contributed by atoms with van der Waals surface area (Å²) in [6.07, 6.45) is 0.238. The Balaban J connectivity index is 1.93. The van der Waals surface area contributed by atoms with Gasteiger partial charge < -0.3 is 19.7 Å². The van der Waals surface area contributed by atoms with E-state index < -0.39 is 12.0 Å². The van der Waals surface area contributed by atoms with E-state index in [4.69, 9.17) is 21.4 Å². The molecule has 2 N–H and O–H groups in total. The zero-order chi connectivity index (χ0) is 16.6. The van der Waals surface area contributed by atoms with Crippen LogP contribution < -0.4 is 0 Å². The van der Waals surface area contributed by atoms with Crippen LogP contribution >= 0.6 is 11.6 Å². The summed E-state index contributed by atoms with van der Waals surface area (Å²) < 4.78 is 5.30. The summed E-state index contributed by atoms with van der Waals surface area (Å²) in [5.41, 5.74) is 1.07. The fourth-order valence-corrected chi connectivity index (χ4v) is 3.38. The van der Waals surface area contributed by atoms with Gasteiger partial charge in [0.1, 0.15) is 5.69 Å². The van der Waals surface area contributed by atoms with Crippen LogP contribution in [0.5, 0.6) is 0 Å². The van der Waals surface area contributed by atoms with Crippen LogP contribution in [0.3, 0.4) is 0 Å². The van der Waals surface area contributed by atoms with E-state index in [9.17, 15) is 9.59 Å². The molecule has 1 aliphatic rings. The number of carbonyl (C=O) groups is 2. The summed E-state index contributed by atoms with van der Waals surface area (Å²) in [7, 11) is 1.56. The van der Waals surface area contributed by atoms with Crippen LogP contribution in [0.15, 0.2) is 24.3 Å². The minimum Gasteiger partial charge on any atom is -0.481 e. The van der Waals surface area contributed by atoms with Gasteiger partial charge in [0, 0.05) is 30.6 Å². The van der Waals surface area contributed by atoms with E-state index in [0.717, 1.165) is 10.9 Å². The molecule has 2 aromatic rings. The molecule has 2 heterocycles. The molecule has 122 valence electrons. The standard InChI is InChI=1S/C16H17ClN2O4/c1-23-10-6-9(7-13(20)21)19(8-10)16(22)15-14(17)11-4-2-3-5-12(11)18-15/h2-5,9-10,18H,6-8H2,1H3,(H,20,21). The largest absolute Gasteiger partial charge is 0.481 e. The Morgan fingerprint density at radius 1 is 1.43 bits per heavy atom. The smallest absolute Gasteiger partial charge is 0.305 e. The van der Waals surface area contributed by atoms with Gasteiger partial charge in [-0.1, -0.05) is 29.8 Å². The number of nitrogens with one attached hydrogen (secondary N) is 1. The van der Waals surface area contributed by atoms with E-state index in [2.05, 4.69) is 4.98 Å². The van der Waals surface area contributed by atoms with Crippen molar-refractivity contribution in [1.82, 2.24) is 9.88 Å². The highest BCUT2D eigenvalue weighted by molar-refractivity contribution is 6.38. The number of carboxylic acid groups (broad SMARTS) is 1. The lowest BCUT2D eigenvalue weighted by molar-refractivity contribution is -0.137. The SMILES string of the molecule is COC1CC(CC(=O)O)N(C(=O)c2[nH]c3ccccc3c2Cl)C1. The molecule has 0 spiro atoms. The summed E-state index contributed by atoms with van der Waals surface area (Å²) in [5.74, 6) is -1.23. The zero-order valence-electron chi connectivity index (χ0n) is 12.6. The second-order valence-corrected chi connectivity index (χ2v) is 6.04. The van der Waals surface area contributed by atoms with Gasteiger partial charge in [-0.25, -0.2) is 0 Å². The quantitative estimate of drug-likeness (QED) is 0.898. The molecule has 1 saturated heterocycles. The predicted octanol–water partition coefficient (Wildman–Crippen LogP) is 2.53. The molecule has 1 aromatic carbocycles. The Hall–Kier alpha value is -2.05. The summed E-state index contributed by atoms with van der Waals surface area (Å²) in [6, 6.07) is 6.98. The van der Waals surface area contributed by atoms with Gasteiger partial charge in [-0.05, 0) is 12.5 Å². The number of benzene rings is 1. The van der Waals surface area contributed by atoms with Crippen LogP contribution in [0.1, 0.15) is 23.3 Å². The highest BCUT2D eigenvalue weighted by Crippen LogP contribution is 2.31. The average Bonchev–Trinajstić information content (AvgIpc) is 3.08. The maximum absolute atomic E-state index is 12.9. The van der Waals surface area contributed by atoms with Crippen molar-refractivity contribution < 1.29 is 19.4 Å². The second kappa shape index (κ2) is 6.22. The van der Waals surface area contributed by atoms with E-state index in [0.29, 0.717) is 23.7 Å². The molecule has 0 bridgehead atoms. The molecule has 1 aliphatic heterocycles. The minimum absolute atomic E-state index is 0.108. The number of hydrogen-bond acceptors (Lipinski definition) is 3. The van der Waals surface area contributed by atoms with Gasteiger partial charge in [0.05, 0.1) is 17.5 Å². The molecule has 0 saturated carbocycles. The van der Waals surface area contributed by atoms with E-state index in [-0.39, 0.29) is 18.4 Å². The molecule has 3 rings (SSSR count). The molecule has 2 unspecified atom stereocenters. The van der Waals surface area contributed by atoms with Crippen molar-refractivity contribution in [3.05, 3.63) is 35.0 Å². The highest BCUT2D eigenvalue weighted by Gasteiger charge is 2.38.